The van der Waals surface area contributed by atoms with Gasteiger partial charge in [-0.2, -0.15) is 0 Å². The Morgan fingerprint density at radius 3 is 2.04 bits per heavy atom. The van der Waals surface area contributed by atoms with Gasteiger partial charge in [0.25, 0.3) is 0 Å². The first-order chi connectivity index (χ1) is 11.7. The van der Waals surface area contributed by atoms with Gasteiger partial charge in [-0.15, -0.1) is 33.2 Å². The van der Waals surface area contributed by atoms with Crippen molar-refractivity contribution in [2.75, 3.05) is 0 Å². The average molecular weight is 440 g/mol. The van der Waals surface area contributed by atoms with Crippen LogP contribution in [0.3, 0.4) is 0 Å². The molecule has 0 heterocycles. The molecule has 0 N–H and O–H groups in total. The number of halogens is 3. The first kappa shape index (κ1) is 21.3. The smallest absolute Gasteiger partial charge is 0.338 e. The summed E-state index contributed by atoms with van der Waals surface area (Å²) in [5, 5.41) is 0. The SMILES string of the molecule is CC(C)(C)OC(=O)C1CC2CC1C1C2C2CCC1C2(C)C.C[Si](Cl)(Cl)Cl. The highest BCUT2D eigenvalue weighted by Gasteiger charge is 2.69. The van der Waals surface area contributed by atoms with Crippen LogP contribution in [0.1, 0.15) is 60.3 Å². The van der Waals surface area contributed by atoms with Gasteiger partial charge in [-0.1, -0.05) is 13.8 Å². The van der Waals surface area contributed by atoms with Crippen molar-refractivity contribution in [3.8, 4) is 0 Å². The van der Waals surface area contributed by atoms with Crippen LogP contribution in [0.25, 0.3) is 0 Å². The Hall–Kier alpha value is 0.557. The molecule has 7 unspecified atom stereocenters. The predicted octanol–water partition coefficient (Wildman–Crippen LogP) is 6.55. The molecule has 0 aromatic rings. The Balaban J connectivity index is 0.000000349. The van der Waals surface area contributed by atoms with E-state index in [1.54, 1.807) is 6.55 Å². The summed E-state index contributed by atoms with van der Waals surface area (Å²) in [5.41, 5.74) is 0.182. The Labute approximate surface area is 173 Å². The molecule has 2 nitrogen and oxygen atoms in total. The van der Waals surface area contributed by atoms with Gasteiger partial charge < -0.3 is 4.74 Å². The third-order valence-electron chi connectivity index (χ3n) is 7.47. The molecule has 6 heteroatoms. The molecule has 4 fully saturated rings. The van der Waals surface area contributed by atoms with Crippen LogP contribution in [0.4, 0.5) is 0 Å². The molecule has 4 saturated carbocycles. The number of hydrogen-bond donors (Lipinski definition) is 0. The molecule has 26 heavy (non-hydrogen) atoms. The summed E-state index contributed by atoms with van der Waals surface area (Å²) in [6, 6.07) is -2.19. The van der Waals surface area contributed by atoms with Crippen molar-refractivity contribution in [1.29, 1.82) is 0 Å². The van der Waals surface area contributed by atoms with E-state index < -0.39 is 6.00 Å². The first-order valence-corrected chi connectivity index (χ1v) is 15.5. The predicted molar refractivity (Wildman–Crippen MR) is 112 cm³/mol. The van der Waals surface area contributed by atoms with Crippen LogP contribution < -0.4 is 0 Å². The Bertz CT molecular complexity index is 560. The Kier molecular flexibility index (Phi) is 5.57. The largest absolute Gasteiger partial charge is 0.460 e. The monoisotopic (exact) mass is 438 g/mol. The number of fused-ring (bicyclic) bond motifs is 9. The lowest BCUT2D eigenvalue weighted by Crippen LogP contribution is -2.38. The zero-order valence-electron chi connectivity index (χ0n) is 16.8. The third kappa shape index (κ3) is 3.97. The molecule has 4 rings (SSSR count). The van der Waals surface area contributed by atoms with Gasteiger partial charge in [0.15, 0.2) is 0 Å². The summed E-state index contributed by atoms with van der Waals surface area (Å²) in [5.74, 6) is 5.29. The van der Waals surface area contributed by atoms with E-state index in [2.05, 4.69) is 13.8 Å². The number of carbonyl (C=O) groups excluding carboxylic acids is 1. The highest BCUT2D eigenvalue weighted by molar-refractivity contribution is 7.64. The molecule has 0 aliphatic heterocycles. The normalized spacial score (nSPS) is 42.3. The van der Waals surface area contributed by atoms with Crippen molar-refractivity contribution >= 4 is 45.2 Å². The van der Waals surface area contributed by atoms with Gasteiger partial charge in [0.1, 0.15) is 5.60 Å². The van der Waals surface area contributed by atoms with Crippen molar-refractivity contribution < 1.29 is 9.53 Å². The maximum Gasteiger partial charge on any atom is 0.338 e. The minimum absolute atomic E-state index is 0.0917. The number of hydrogen-bond acceptors (Lipinski definition) is 2. The molecule has 0 radical (unpaired) electrons. The van der Waals surface area contributed by atoms with E-state index in [0.29, 0.717) is 11.3 Å². The third-order valence-corrected chi connectivity index (χ3v) is 7.47. The second kappa shape index (κ2) is 6.81. The van der Waals surface area contributed by atoms with Crippen LogP contribution in [0.2, 0.25) is 6.55 Å². The molecule has 0 spiro atoms. The van der Waals surface area contributed by atoms with Gasteiger partial charge in [-0.05, 0) is 93.9 Å². The molecule has 0 saturated heterocycles. The van der Waals surface area contributed by atoms with Crippen LogP contribution >= 0.6 is 33.2 Å². The molecular weight excluding hydrogens is 407 g/mol. The lowest BCUT2D eigenvalue weighted by molar-refractivity contribution is -0.163. The van der Waals surface area contributed by atoms with E-state index in [9.17, 15) is 4.79 Å². The molecule has 0 aromatic heterocycles. The van der Waals surface area contributed by atoms with Crippen LogP contribution in [0, 0.1) is 46.8 Å². The van der Waals surface area contributed by atoms with Crippen LogP contribution in [0.15, 0.2) is 0 Å². The van der Waals surface area contributed by atoms with Gasteiger partial charge >= 0.3 is 12.0 Å². The quantitative estimate of drug-likeness (QED) is 0.200. The van der Waals surface area contributed by atoms with Gasteiger partial charge in [-0.25, -0.2) is 0 Å². The average Bonchev–Trinajstić information content (AvgIpc) is 3.12. The molecule has 4 bridgehead atoms. The van der Waals surface area contributed by atoms with Gasteiger partial charge in [0, 0.05) is 0 Å². The summed E-state index contributed by atoms with van der Waals surface area (Å²) in [4.78, 5) is 12.6. The van der Waals surface area contributed by atoms with Gasteiger partial charge in [-0.3, -0.25) is 4.79 Å². The van der Waals surface area contributed by atoms with Gasteiger partial charge in [0.05, 0.1) is 5.92 Å². The number of ether oxygens (including phenoxy) is 1. The summed E-state index contributed by atoms with van der Waals surface area (Å²) >= 11 is 15.6. The summed E-state index contributed by atoms with van der Waals surface area (Å²) in [6.45, 7) is 12.6. The van der Waals surface area contributed by atoms with Crippen molar-refractivity contribution in [3.63, 3.8) is 0 Å². The molecule has 7 atom stereocenters. The maximum atomic E-state index is 12.6. The fourth-order valence-electron chi connectivity index (χ4n) is 7.02. The molecule has 0 amide bonds. The van der Waals surface area contributed by atoms with E-state index in [1.807, 2.05) is 20.8 Å². The fraction of sp³-hybridized carbons (Fsp3) is 0.950. The fourth-order valence-corrected chi connectivity index (χ4v) is 7.02. The van der Waals surface area contributed by atoms with Crippen LogP contribution in [0.5, 0.6) is 0 Å². The summed E-state index contributed by atoms with van der Waals surface area (Å²) < 4.78 is 5.72. The second-order valence-electron chi connectivity index (χ2n) is 10.6. The molecule has 150 valence electrons. The molecule has 4 aliphatic rings. The highest BCUT2D eigenvalue weighted by atomic mass is 35.8. The van der Waals surface area contributed by atoms with E-state index in [1.165, 1.54) is 19.3 Å². The summed E-state index contributed by atoms with van der Waals surface area (Å²) in [7, 11) is 0. The van der Waals surface area contributed by atoms with Crippen molar-refractivity contribution in [1.82, 2.24) is 0 Å². The van der Waals surface area contributed by atoms with Gasteiger partial charge in [0.2, 0.25) is 0 Å². The van der Waals surface area contributed by atoms with Crippen molar-refractivity contribution in [2.24, 2.45) is 46.8 Å². The molecule has 0 aromatic carbocycles. The number of rotatable bonds is 1. The maximum absolute atomic E-state index is 12.6. The summed E-state index contributed by atoms with van der Waals surface area (Å²) in [6.07, 6.45) is 5.27. The zero-order chi connectivity index (χ0) is 19.7. The second-order valence-corrected chi connectivity index (χ2v) is 20.7. The lowest BCUT2D eigenvalue weighted by Gasteiger charge is -2.38. The Morgan fingerprint density at radius 1 is 1.04 bits per heavy atom. The molecular formula is C20H33Cl3O2Si. The lowest BCUT2D eigenvalue weighted by atomic mass is 9.67. The van der Waals surface area contributed by atoms with E-state index >= 15 is 0 Å². The van der Waals surface area contributed by atoms with E-state index in [-0.39, 0.29) is 17.5 Å². The van der Waals surface area contributed by atoms with Crippen LogP contribution in [-0.2, 0) is 9.53 Å². The minimum Gasteiger partial charge on any atom is -0.460 e. The topological polar surface area (TPSA) is 26.3 Å². The van der Waals surface area contributed by atoms with E-state index in [4.69, 9.17) is 38.0 Å². The van der Waals surface area contributed by atoms with Crippen LogP contribution in [-0.4, -0.2) is 17.6 Å². The standard InChI is InChI=1S/C19H30O2.CH3Cl3Si/c1-18(2,3)21-17(20)12-9-10-8-11(12)16-14-7-6-13(15(10)16)19(14,4)5;1-5(2,3)4/h10-16H,6-9H2,1-5H3;1H3. The zero-order valence-corrected chi connectivity index (χ0v) is 20.1. The van der Waals surface area contributed by atoms with Crippen molar-refractivity contribution in [3.05, 3.63) is 0 Å². The van der Waals surface area contributed by atoms with Crippen molar-refractivity contribution in [2.45, 2.75) is 72.5 Å². The Morgan fingerprint density at radius 2 is 1.54 bits per heavy atom. The van der Waals surface area contributed by atoms with E-state index in [0.717, 1.165) is 36.0 Å². The number of esters is 1. The first-order valence-electron chi connectivity index (χ1n) is 9.99. The minimum atomic E-state index is -2.19. The highest BCUT2D eigenvalue weighted by Crippen LogP contribution is 2.74. The number of carbonyl (C=O) groups is 1. The molecule has 4 aliphatic carbocycles.